The van der Waals surface area contributed by atoms with Crippen LogP contribution in [-0.4, -0.2) is 37.2 Å². The smallest absolute Gasteiger partial charge is 0.0645 e. The average Bonchev–Trinajstić information content (AvgIpc) is 1.83. The number of hydrogen-bond donors (Lipinski definition) is 0. The molecule has 2 aliphatic heterocycles. The molecule has 0 bridgehead atoms. The Hall–Kier alpha value is -0.0800. The van der Waals surface area contributed by atoms with Crippen molar-refractivity contribution in [3.05, 3.63) is 0 Å². The molecule has 0 aromatic heterocycles. The van der Waals surface area contributed by atoms with Crippen molar-refractivity contribution in [3.63, 3.8) is 0 Å². The summed E-state index contributed by atoms with van der Waals surface area (Å²) in [5.41, 5.74) is 0. The lowest BCUT2D eigenvalue weighted by Gasteiger charge is -2.41. The zero-order valence-corrected chi connectivity index (χ0v) is 7.25. The van der Waals surface area contributed by atoms with Crippen LogP contribution in [0.4, 0.5) is 0 Å². The quantitative estimate of drug-likeness (QED) is 0.562. The summed E-state index contributed by atoms with van der Waals surface area (Å²) in [6.45, 7) is 6.91. The number of nitrogens with zero attached hydrogens (tertiary/aromatic N) is 1. The van der Waals surface area contributed by atoms with Gasteiger partial charge in [0.05, 0.1) is 19.3 Å². The van der Waals surface area contributed by atoms with Gasteiger partial charge in [-0.3, -0.25) is 4.90 Å². The Labute approximate surface area is 68.5 Å². The van der Waals surface area contributed by atoms with Gasteiger partial charge < -0.3 is 4.74 Å². The standard InChI is InChI=1S/C9H17NO/c1-8-3-2-4-10(5-8)9-6-11-7-9/h8-9H,2-7H2,1H3. The van der Waals surface area contributed by atoms with E-state index in [1.807, 2.05) is 0 Å². The van der Waals surface area contributed by atoms with E-state index in [9.17, 15) is 0 Å². The fourth-order valence-electron chi connectivity index (χ4n) is 1.99. The highest BCUT2D eigenvalue weighted by Crippen LogP contribution is 2.20. The summed E-state index contributed by atoms with van der Waals surface area (Å²) in [6.07, 6.45) is 2.81. The molecule has 0 aromatic rings. The number of hydrogen-bond acceptors (Lipinski definition) is 2. The molecule has 2 heterocycles. The Balaban J connectivity index is 1.82. The van der Waals surface area contributed by atoms with Crippen LogP contribution in [0.2, 0.25) is 0 Å². The van der Waals surface area contributed by atoms with Gasteiger partial charge >= 0.3 is 0 Å². The lowest BCUT2D eigenvalue weighted by atomic mass is 9.98. The van der Waals surface area contributed by atoms with Crippen LogP contribution in [0.5, 0.6) is 0 Å². The van der Waals surface area contributed by atoms with E-state index in [0.29, 0.717) is 0 Å². The van der Waals surface area contributed by atoms with E-state index in [2.05, 4.69) is 11.8 Å². The first-order valence-corrected chi connectivity index (χ1v) is 4.68. The zero-order valence-electron chi connectivity index (χ0n) is 7.25. The minimum Gasteiger partial charge on any atom is -0.378 e. The van der Waals surface area contributed by atoms with Gasteiger partial charge in [-0.2, -0.15) is 0 Å². The summed E-state index contributed by atoms with van der Waals surface area (Å²) in [5, 5.41) is 0. The van der Waals surface area contributed by atoms with Crippen LogP contribution in [0.25, 0.3) is 0 Å². The van der Waals surface area contributed by atoms with Crippen LogP contribution in [0.1, 0.15) is 19.8 Å². The Morgan fingerprint density at radius 3 is 2.73 bits per heavy atom. The largest absolute Gasteiger partial charge is 0.378 e. The second-order valence-electron chi connectivity index (χ2n) is 3.93. The topological polar surface area (TPSA) is 12.5 Å². The number of likely N-dealkylation sites (tertiary alicyclic amines) is 1. The molecule has 0 aromatic carbocycles. The van der Waals surface area contributed by atoms with Crippen molar-refractivity contribution in [2.24, 2.45) is 5.92 Å². The zero-order chi connectivity index (χ0) is 7.68. The highest BCUT2D eigenvalue weighted by Gasteiger charge is 2.28. The fraction of sp³-hybridized carbons (Fsp3) is 1.00. The summed E-state index contributed by atoms with van der Waals surface area (Å²) in [7, 11) is 0. The Kier molecular flexibility index (Phi) is 2.14. The third kappa shape index (κ3) is 1.57. The van der Waals surface area contributed by atoms with E-state index in [1.54, 1.807) is 0 Å². The maximum absolute atomic E-state index is 5.18. The van der Waals surface area contributed by atoms with Gasteiger partial charge in [0.2, 0.25) is 0 Å². The van der Waals surface area contributed by atoms with Crippen LogP contribution in [-0.2, 0) is 4.74 Å². The van der Waals surface area contributed by atoms with Gasteiger partial charge in [-0.25, -0.2) is 0 Å². The Morgan fingerprint density at radius 1 is 1.36 bits per heavy atom. The van der Waals surface area contributed by atoms with Crippen molar-refractivity contribution in [3.8, 4) is 0 Å². The Morgan fingerprint density at radius 2 is 2.18 bits per heavy atom. The van der Waals surface area contributed by atoms with E-state index >= 15 is 0 Å². The molecule has 0 aliphatic carbocycles. The maximum atomic E-state index is 5.18. The summed E-state index contributed by atoms with van der Waals surface area (Å²) in [4.78, 5) is 2.59. The van der Waals surface area contributed by atoms with Crippen molar-refractivity contribution >= 4 is 0 Å². The molecule has 0 N–H and O–H groups in total. The normalized spacial score (nSPS) is 35.2. The molecule has 0 radical (unpaired) electrons. The van der Waals surface area contributed by atoms with Gasteiger partial charge in [0.25, 0.3) is 0 Å². The summed E-state index contributed by atoms with van der Waals surface area (Å²) in [6, 6.07) is 0.762. The molecule has 0 spiro atoms. The first kappa shape index (κ1) is 7.56. The van der Waals surface area contributed by atoms with Crippen molar-refractivity contribution in [1.82, 2.24) is 4.90 Å². The predicted octanol–water partition coefficient (Wildman–Crippen LogP) is 1.12. The molecular formula is C9H17NO. The van der Waals surface area contributed by atoms with E-state index in [4.69, 9.17) is 4.74 Å². The molecule has 2 rings (SSSR count). The molecule has 0 saturated carbocycles. The van der Waals surface area contributed by atoms with Crippen LogP contribution in [0.15, 0.2) is 0 Å². The third-order valence-corrected chi connectivity index (χ3v) is 2.83. The minimum absolute atomic E-state index is 0.762. The van der Waals surface area contributed by atoms with Crippen LogP contribution in [0.3, 0.4) is 0 Å². The van der Waals surface area contributed by atoms with E-state index in [1.165, 1.54) is 25.9 Å². The van der Waals surface area contributed by atoms with Crippen molar-refractivity contribution < 1.29 is 4.74 Å². The molecule has 11 heavy (non-hydrogen) atoms. The van der Waals surface area contributed by atoms with Crippen molar-refractivity contribution in [2.75, 3.05) is 26.3 Å². The number of piperidine rings is 1. The fourth-order valence-corrected chi connectivity index (χ4v) is 1.99. The van der Waals surface area contributed by atoms with Gasteiger partial charge in [0.15, 0.2) is 0 Å². The molecule has 1 unspecified atom stereocenters. The molecule has 1 atom stereocenters. The van der Waals surface area contributed by atoms with Gasteiger partial charge in [0.1, 0.15) is 0 Å². The first-order chi connectivity index (χ1) is 5.36. The van der Waals surface area contributed by atoms with Crippen molar-refractivity contribution in [2.45, 2.75) is 25.8 Å². The lowest BCUT2D eigenvalue weighted by Crippen LogP contribution is -2.52. The summed E-state index contributed by atoms with van der Waals surface area (Å²) in [5.74, 6) is 0.907. The highest BCUT2D eigenvalue weighted by molar-refractivity contribution is 4.81. The number of ether oxygens (including phenoxy) is 1. The SMILES string of the molecule is CC1CCCN(C2COC2)C1. The van der Waals surface area contributed by atoms with Gasteiger partial charge in [0, 0.05) is 6.54 Å². The monoisotopic (exact) mass is 155 g/mol. The molecule has 2 saturated heterocycles. The highest BCUT2D eigenvalue weighted by atomic mass is 16.5. The van der Waals surface area contributed by atoms with Crippen LogP contribution < -0.4 is 0 Å². The van der Waals surface area contributed by atoms with E-state index < -0.39 is 0 Å². The first-order valence-electron chi connectivity index (χ1n) is 4.68. The third-order valence-electron chi connectivity index (χ3n) is 2.83. The summed E-state index contributed by atoms with van der Waals surface area (Å²) < 4.78 is 5.18. The minimum atomic E-state index is 0.762. The molecule has 0 amide bonds. The Bertz CT molecular complexity index is 134. The van der Waals surface area contributed by atoms with E-state index in [-0.39, 0.29) is 0 Å². The number of rotatable bonds is 1. The van der Waals surface area contributed by atoms with Gasteiger partial charge in [-0.15, -0.1) is 0 Å². The van der Waals surface area contributed by atoms with Crippen LogP contribution in [0, 0.1) is 5.92 Å². The molecule has 2 fully saturated rings. The van der Waals surface area contributed by atoms with Gasteiger partial charge in [-0.1, -0.05) is 6.92 Å². The average molecular weight is 155 g/mol. The maximum Gasteiger partial charge on any atom is 0.0645 e. The lowest BCUT2D eigenvalue weighted by molar-refractivity contribution is -0.0752. The van der Waals surface area contributed by atoms with Crippen LogP contribution >= 0.6 is 0 Å². The summed E-state index contributed by atoms with van der Waals surface area (Å²) >= 11 is 0. The predicted molar refractivity (Wildman–Crippen MR) is 44.6 cm³/mol. The molecule has 2 heteroatoms. The molecule has 64 valence electrons. The second kappa shape index (κ2) is 3.11. The molecular weight excluding hydrogens is 138 g/mol. The van der Waals surface area contributed by atoms with Gasteiger partial charge in [-0.05, 0) is 25.3 Å². The molecule has 2 nitrogen and oxygen atoms in total. The molecule has 2 aliphatic rings. The van der Waals surface area contributed by atoms with Crippen molar-refractivity contribution in [1.29, 1.82) is 0 Å². The second-order valence-corrected chi connectivity index (χ2v) is 3.93. The van der Waals surface area contributed by atoms with E-state index in [0.717, 1.165) is 25.2 Å².